The number of methoxy groups -OCH3 is 1. The molecule has 40 heavy (non-hydrogen) atoms. The SMILES string of the molecule is COC(=O)[C@@]12CCCN1C(c1ccc(-c3ccc4c(c3)OCO4)cc1)C1C(=O)N(C)C(=O)C12.O=C(O)C(F)(F)F. The molecule has 3 fully saturated rings. The van der Waals surface area contributed by atoms with E-state index in [4.69, 9.17) is 24.1 Å². The summed E-state index contributed by atoms with van der Waals surface area (Å²) < 4.78 is 47.8. The first-order valence-electron chi connectivity index (χ1n) is 12.4. The van der Waals surface area contributed by atoms with Gasteiger partial charge < -0.3 is 19.3 Å². The summed E-state index contributed by atoms with van der Waals surface area (Å²) in [5.74, 6) is -3.57. The van der Waals surface area contributed by atoms with Crippen LogP contribution in [0.25, 0.3) is 11.1 Å². The van der Waals surface area contributed by atoms with Gasteiger partial charge in [-0.05, 0) is 48.2 Å². The van der Waals surface area contributed by atoms with Gasteiger partial charge in [-0.25, -0.2) is 4.79 Å². The number of benzene rings is 2. The molecule has 4 heterocycles. The van der Waals surface area contributed by atoms with Crippen LogP contribution in [0.1, 0.15) is 24.4 Å². The third kappa shape index (κ3) is 4.15. The molecular weight excluding hydrogens is 537 g/mol. The van der Waals surface area contributed by atoms with Crippen molar-refractivity contribution in [2.45, 2.75) is 30.6 Å². The van der Waals surface area contributed by atoms with E-state index in [0.717, 1.165) is 28.9 Å². The Morgan fingerprint density at radius 2 is 1.65 bits per heavy atom. The normalized spacial score (nSPS) is 26.7. The number of halogens is 3. The van der Waals surface area contributed by atoms with Crippen LogP contribution in [-0.2, 0) is 23.9 Å². The summed E-state index contributed by atoms with van der Waals surface area (Å²) in [6.45, 7) is 0.863. The molecule has 4 aliphatic heterocycles. The standard InChI is InChI=1S/C25H24N2O6.C2HF3O2/c1-26-22(28)19-20(23(26)29)25(24(30)31-2)10-3-11-27(25)21(19)15-6-4-14(5-7-15)16-8-9-17-18(12-16)33-13-32-17;3-2(4,5)1(6)7/h4-9,12,19-21H,3,10-11,13H2,1-2H3;(H,6,7)/t19?,20?,21?,25-;/m0./s1. The Morgan fingerprint density at radius 3 is 2.27 bits per heavy atom. The number of rotatable bonds is 3. The summed E-state index contributed by atoms with van der Waals surface area (Å²) >= 11 is 0. The van der Waals surface area contributed by atoms with Crippen molar-refractivity contribution < 1.29 is 51.7 Å². The number of ether oxygens (including phenoxy) is 3. The van der Waals surface area contributed by atoms with E-state index in [0.29, 0.717) is 18.7 Å². The average Bonchev–Trinajstić information content (AvgIpc) is 3.68. The molecule has 6 rings (SSSR count). The fourth-order valence-corrected chi connectivity index (χ4v) is 6.29. The number of hydrogen-bond donors (Lipinski definition) is 1. The molecule has 4 atom stereocenters. The van der Waals surface area contributed by atoms with Crippen LogP contribution in [0.2, 0.25) is 0 Å². The lowest BCUT2D eigenvalue weighted by Crippen LogP contribution is -2.54. The number of alkyl halides is 3. The lowest BCUT2D eigenvalue weighted by Gasteiger charge is -2.35. The number of esters is 1. The second-order valence-electron chi connectivity index (χ2n) is 9.89. The van der Waals surface area contributed by atoms with Crippen molar-refractivity contribution in [1.29, 1.82) is 0 Å². The van der Waals surface area contributed by atoms with Crippen molar-refractivity contribution in [3.63, 3.8) is 0 Å². The van der Waals surface area contributed by atoms with Crippen molar-refractivity contribution in [3.05, 3.63) is 48.0 Å². The van der Waals surface area contributed by atoms with Crippen molar-refractivity contribution in [1.82, 2.24) is 9.80 Å². The van der Waals surface area contributed by atoms with Crippen LogP contribution in [0.5, 0.6) is 11.5 Å². The number of aliphatic carboxylic acids is 1. The second-order valence-corrected chi connectivity index (χ2v) is 9.89. The molecule has 2 aromatic rings. The van der Waals surface area contributed by atoms with Crippen LogP contribution in [0.3, 0.4) is 0 Å². The molecule has 4 aliphatic rings. The van der Waals surface area contributed by atoms with Gasteiger partial charge in [0.15, 0.2) is 11.5 Å². The van der Waals surface area contributed by atoms with E-state index in [2.05, 4.69) is 0 Å². The summed E-state index contributed by atoms with van der Waals surface area (Å²) in [5, 5.41) is 7.12. The van der Waals surface area contributed by atoms with E-state index in [-0.39, 0.29) is 24.6 Å². The first-order valence-corrected chi connectivity index (χ1v) is 12.4. The minimum Gasteiger partial charge on any atom is -0.475 e. The molecule has 10 nitrogen and oxygen atoms in total. The Kier molecular flexibility index (Phi) is 6.73. The highest BCUT2D eigenvalue weighted by molar-refractivity contribution is 6.09. The summed E-state index contributed by atoms with van der Waals surface area (Å²) in [6, 6.07) is 13.4. The van der Waals surface area contributed by atoms with E-state index in [1.807, 2.05) is 47.4 Å². The van der Waals surface area contributed by atoms with Crippen molar-refractivity contribution in [3.8, 4) is 22.6 Å². The van der Waals surface area contributed by atoms with Gasteiger partial charge in [-0.15, -0.1) is 0 Å². The first-order chi connectivity index (χ1) is 18.9. The van der Waals surface area contributed by atoms with Crippen molar-refractivity contribution >= 4 is 23.8 Å². The molecule has 3 unspecified atom stereocenters. The molecule has 0 saturated carbocycles. The van der Waals surface area contributed by atoms with Crippen molar-refractivity contribution in [2.24, 2.45) is 11.8 Å². The lowest BCUT2D eigenvalue weighted by molar-refractivity contribution is -0.192. The van der Waals surface area contributed by atoms with Gasteiger partial charge in [0.1, 0.15) is 5.54 Å². The predicted octanol–water partition coefficient (Wildman–Crippen LogP) is 3.01. The summed E-state index contributed by atoms with van der Waals surface area (Å²) in [6.07, 6.45) is -3.80. The van der Waals surface area contributed by atoms with E-state index in [1.165, 1.54) is 19.1 Å². The molecule has 212 valence electrons. The zero-order valence-corrected chi connectivity index (χ0v) is 21.4. The molecule has 0 bridgehead atoms. The third-order valence-corrected chi connectivity index (χ3v) is 7.97. The maximum atomic E-state index is 13.2. The Morgan fingerprint density at radius 1 is 1.02 bits per heavy atom. The molecular formula is C27H25F3N2O8. The Balaban J connectivity index is 0.000000411. The molecule has 2 amide bonds. The topological polar surface area (TPSA) is 123 Å². The molecule has 0 radical (unpaired) electrons. The molecule has 3 saturated heterocycles. The van der Waals surface area contributed by atoms with Gasteiger partial charge in [0.2, 0.25) is 18.6 Å². The van der Waals surface area contributed by atoms with E-state index < -0.39 is 35.5 Å². The maximum Gasteiger partial charge on any atom is 0.490 e. The van der Waals surface area contributed by atoms with E-state index >= 15 is 0 Å². The van der Waals surface area contributed by atoms with Gasteiger partial charge in [-0.2, -0.15) is 13.2 Å². The highest BCUT2D eigenvalue weighted by Crippen LogP contribution is 2.59. The van der Waals surface area contributed by atoms with Crippen LogP contribution in [0.15, 0.2) is 42.5 Å². The minimum absolute atomic E-state index is 0.223. The molecule has 0 aliphatic carbocycles. The fraction of sp³-hybridized carbons (Fsp3) is 0.407. The number of fused-ring (bicyclic) bond motifs is 4. The van der Waals surface area contributed by atoms with Gasteiger partial charge in [-0.3, -0.25) is 24.2 Å². The monoisotopic (exact) mass is 562 g/mol. The molecule has 13 heteroatoms. The zero-order valence-electron chi connectivity index (χ0n) is 21.4. The number of amides is 2. The molecule has 0 aromatic heterocycles. The number of carbonyl (C=O) groups excluding carboxylic acids is 3. The van der Waals surface area contributed by atoms with Crippen LogP contribution < -0.4 is 9.47 Å². The van der Waals surface area contributed by atoms with E-state index in [1.54, 1.807) is 0 Å². The smallest absolute Gasteiger partial charge is 0.475 e. The first kappa shape index (κ1) is 27.4. The van der Waals surface area contributed by atoms with Gasteiger partial charge in [0.05, 0.1) is 18.9 Å². The highest BCUT2D eigenvalue weighted by atomic mass is 19.4. The summed E-state index contributed by atoms with van der Waals surface area (Å²) in [7, 11) is 2.86. The fourth-order valence-electron chi connectivity index (χ4n) is 6.29. The Hall–Kier alpha value is -4.13. The summed E-state index contributed by atoms with van der Waals surface area (Å²) in [5.41, 5.74) is 1.82. The van der Waals surface area contributed by atoms with Crippen LogP contribution in [0.4, 0.5) is 13.2 Å². The number of carboxylic acid groups (broad SMARTS) is 1. The van der Waals surface area contributed by atoms with Gasteiger partial charge in [-0.1, -0.05) is 30.3 Å². The number of imide groups is 1. The number of carboxylic acids is 1. The van der Waals surface area contributed by atoms with Crippen LogP contribution in [0, 0.1) is 11.8 Å². The summed E-state index contributed by atoms with van der Waals surface area (Å²) in [4.78, 5) is 51.5. The maximum absolute atomic E-state index is 13.2. The molecule has 1 N–H and O–H groups in total. The quantitative estimate of drug-likeness (QED) is 0.444. The van der Waals surface area contributed by atoms with Crippen LogP contribution in [-0.4, -0.2) is 77.9 Å². The zero-order chi connectivity index (χ0) is 29.0. The Bertz CT molecular complexity index is 1380. The van der Waals surface area contributed by atoms with Gasteiger partial charge in [0.25, 0.3) is 0 Å². The Labute approximate surface area is 226 Å². The number of hydrogen-bond acceptors (Lipinski definition) is 8. The van der Waals surface area contributed by atoms with Gasteiger partial charge in [0, 0.05) is 13.1 Å². The highest BCUT2D eigenvalue weighted by Gasteiger charge is 2.73. The lowest BCUT2D eigenvalue weighted by atomic mass is 9.77. The molecule has 0 spiro atoms. The van der Waals surface area contributed by atoms with Crippen LogP contribution >= 0.6 is 0 Å². The average molecular weight is 562 g/mol. The largest absolute Gasteiger partial charge is 0.490 e. The van der Waals surface area contributed by atoms with Crippen molar-refractivity contribution in [2.75, 3.05) is 27.5 Å². The minimum atomic E-state index is -5.08. The predicted molar refractivity (Wildman–Crippen MR) is 130 cm³/mol. The number of likely N-dealkylation sites (tertiary alicyclic amines) is 1. The van der Waals surface area contributed by atoms with E-state index in [9.17, 15) is 27.6 Å². The number of nitrogens with zero attached hydrogens (tertiary/aromatic N) is 2. The number of carbonyl (C=O) groups is 4. The second kappa shape index (κ2) is 9.81. The van der Waals surface area contributed by atoms with Gasteiger partial charge >= 0.3 is 18.1 Å². The molecule has 2 aromatic carbocycles. The third-order valence-electron chi connectivity index (χ3n) is 7.97.